The molecule has 5 heteroatoms. The summed E-state index contributed by atoms with van der Waals surface area (Å²) >= 11 is 0. The summed E-state index contributed by atoms with van der Waals surface area (Å²) in [5.41, 5.74) is 2.74. The largest absolute Gasteiger partial charge is 0.312 e. The monoisotopic (exact) mass is 287 g/mol. The summed E-state index contributed by atoms with van der Waals surface area (Å²) in [6.07, 6.45) is 6.51. The van der Waals surface area contributed by atoms with Crippen LogP contribution in [0.5, 0.6) is 0 Å². The van der Waals surface area contributed by atoms with E-state index >= 15 is 0 Å². The molecule has 2 aromatic heterocycles. The zero-order valence-electron chi connectivity index (χ0n) is 13.2. The molecule has 114 valence electrons. The summed E-state index contributed by atoms with van der Waals surface area (Å²) in [6, 6.07) is 4.56. The molecule has 0 unspecified atom stereocenters. The average Bonchev–Trinajstić information content (AvgIpc) is 2.84. The van der Waals surface area contributed by atoms with Crippen molar-refractivity contribution in [3.05, 3.63) is 35.9 Å². The van der Waals surface area contributed by atoms with Gasteiger partial charge in [0.15, 0.2) is 0 Å². The highest BCUT2D eigenvalue weighted by molar-refractivity contribution is 5.06. The van der Waals surface area contributed by atoms with Crippen LogP contribution in [0.1, 0.15) is 31.2 Å². The molecule has 0 bridgehead atoms. The molecule has 1 atom stereocenters. The van der Waals surface area contributed by atoms with E-state index in [1.165, 1.54) is 18.5 Å². The number of nitrogens with zero attached hydrogens (tertiary/aromatic N) is 4. The first-order chi connectivity index (χ1) is 10.1. The van der Waals surface area contributed by atoms with Crippen LogP contribution in [0.2, 0.25) is 0 Å². The molecular weight excluding hydrogens is 262 g/mol. The standard InChI is InChI=1S/C16H25N5/c1-13-9-15(3)21(19-13)10-14(2)17-11-16(5-6-16)12-20-8-4-7-18-20/h4,7-9,14,17H,5-6,10-12H2,1-3H3/t14-/m0/s1. The minimum atomic E-state index is 0.412. The number of nitrogens with one attached hydrogen (secondary N) is 1. The Bertz CT molecular complexity index is 580. The van der Waals surface area contributed by atoms with Crippen molar-refractivity contribution in [3.63, 3.8) is 0 Å². The summed E-state index contributed by atoms with van der Waals surface area (Å²) in [5, 5.41) is 12.5. The van der Waals surface area contributed by atoms with Crippen LogP contribution in [-0.2, 0) is 13.1 Å². The lowest BCUT2D eigenvalue weighted by molar-refractivity contribution is 0.339. The number of aromatic nitrogens is 4. The Balaban J connectivity index is 1.49. The summed E-state index contributed by atoms with van der Waals surface area (Å²) < 4.78 is 4.15. The molecule has 1 saturated carbocycles. The molecule has 21 heavy (non-hydrogen) atoms. The highest BCUT2D eigenvalue weighted by atomic mass is 15.3. The fourth-order valence-electron chi connectivity index (χ4n) is 2.88. The molecule has 0 amide bonds. The van der Waals surface area contributed by atoms with E-state index in [1.54, 1.807) is 0 Å². The first kappa shape index (κ1) is 14.3. The molecule has 0 aromatic carbocycles. The second-order valence-electron chi connectivity index (χ2n) is 6.59. The molecule has 2 aromatic rings. The molecule has 2 heterocycles. The van der Waals surface area contributed by atoms with Crippen LogP contribution in [0.3, 0.4) is 0 Å². The number of hydrogen-bond donors (Lipinski definition) is 1. The highest BCUT2D eigenvalue weighted by Gasteiger charge is 2.42. The lowest BCUT2D eigenvalue weighted by Gasteiger charge is -2.20. The smallest absolute Gasteiger partial charge is 0.0596 e. The third-order valence-corrected chi connectivity index (χ3v) is 4.39. The van der Waals surface area contributed by atoms with E-state index in [4.69, 9.17) is 0 Å². The molecule has 0 saturated heterocycles. The van der Waals surface area contributed by atoms with Gasteiger partial charge in [-0.1, -0.05) is 0 Å². The van der Waals surface area contributed by atoms with Gasteiger partial charge in [0.25, 0.3) is 0 Å². The zero-order valence-corrected chi connectivity index (χ0v) is 13.2. The Hall–Kier alpha value is -1.62. The van der Waals surface area contributed by atoms with Crippen molar-refractivity contribution in [1.29, 1.82) is 0 Å². The summed E-state index contributed by atoms with van der Waals surface area (Å²) in [7, 11) is 0. The van der Waals surface area contributed by atoms with Crippen LogP contribution < -0.4 is 5.32 Å². The summed E-state index contributed by atoms with van der Waals surface area (Å²) in [4.78, 5) is 0. The molecule has 1 aliphatic carbocycles. The molecule has 3 rings (SSSR count). The van der Waals surface area contributed by atoms with E-state index < -0.39 is 0 Å². The molecule has 1 fully saturated rings. The van der Waals surface area contributed by atoms with Crippen molar-refractivity contribution in [1.82, 2.24) is 24.9 Å². The minimum absolute atomic E-state index is 0.412. The first-order valence-corrected chi connectivity index (χ1v) is 7.78. The van der Waals surface area contributed by atoms with Gasteiger partial charge in [0.05, 0.1) is 12.2 Å². The number of aryl methyl sites for hydroxylation is 2. The lowest BCUT2D eigenvalue weighted by atomic mass is 10.1. The van der Waals surface area contributed by atoms with Crippen LogP contribution in [0, 0.1) is 19.3 Å². The van der Waals surface area contributed by atoms with Gasteiger partial charge in [-0.3, -0.25) is 9.36 Å². The summed E-state index contributed by atoms with van der Waals surface area (Å²) in [5.74, 6) is 0. The molecule has 0 radical (unpaired) electrons. The first-order valence-electron chi connectivity index (χ1n) is 7.78. The van der Waals surface area contributed by atoms with Gasteiger partial charge in [0, 0.05) is 42.6 Å². The molecular formula is C16H25N5. The van der Waals surface area contributed by atoms with Gasteiger partial charge in [0.2, 0.25) is 0 Å². The second-order valence-corrected chi connectivity index (χ2v) is 6.59. The Morgan fingerprint density at radius 3 is 2.76 bits per heavy atom. The third-order valence-electron chi connectivity index (χ3n) is 4.39. The second kappa shape index (κ2) is 5.64. The lowest BCUT2D eigenvalue weighted by Crippen LogP contribution is -2.37. The van der Waals surface area contributed by atoms with Crippen molar-refractivity contribution in [2.24, 2.45) is 5.41 Å². The van der Waals surface area contributed by atoms with Crippen molar-refractivity contribution in [2.45, 2.75) is 52.7 Å². The average molecular weight is 287 g/mol. The van der Waals surface area contributed by atoms with Gasteiger partial charge >= 0.3 is 0 Å². The van der Waals surface area contributed by atoms with Crippen LogP contribution in [0.4, 0.5) is 0 Å². The number of hydrogen-bond acceptors (Lipinski definition) is 3. The quantitative estimate of drug-likeness (QED) is 0.849. The highest BCUT2D eigenvalue weighted by Crippen LogP contribution is 2.46. The molecule has 1 N–H and O–H groups in total. The minimum Gasteiger partial charge on any atom is -0.312 e. The normalized spacial score (nSPS) is 17.9. The van der Waals surface area contributed by atoms with E-state index in [2.05, 4.69) is 51.0 Å². The zero-order chi connectivity index (χ0) is 14.9. The maximum absolute atomic E-state index is 4.53. The predicted octanol–water partition coefficient (Wildman–Crippen LogP) is 2.15. The van der Waals surface area contributed by atoms with Crippen molar-refractivity contribution < 1.29 is 0 Å². The molecule has 0 spiro atoms. The van der Waals surface area contributed by atoms with Gasteiger partial charge in [-0.2, -0.15) is 10.2 Å². The molecule has 5 nitrogen and oxygen atoms in total. The number of rotatable bonds is 7. The van der Waals surface area contributed by atoms with Crippen LogP contribution in [0.15, 0.2) is 24.5 Å². The van der Waals surface area contributed by atoms with E-state index in [1.807, 2.05) is 19.2 Å². The van der Waals surface area contributed by atoms with Crippen molar-refractivity contribution >= 4 is 0 Å². The van der Waals surface area contributed by atoms with E-state index in [9.17, 15) is 0 Å². The maximum Gasteiger partial charge on any atom is 0.0596 e. The van der Waals surface area contributed by atoms with Crippen molar-refractivity contribution in [2.75, 3.05) is 6.54 Å². The topological polar surface area (TPSA) is 47.7 Å². The van der Waals surface area contributed by atoms with Gasteiger partial charge < -0.3 is 5.32 Å². The van der Waals surface area contributed by atoms with Crippen LogP contribution in [0.25, 0.3) is 0 Å². The van der Waals surface area contributed by atoms with Crippen LogP contribution in [-0.4, -0.2) is 32.1 Å². The Morgan fingerprint density at radius 1 is 1.38 bits per heavy atom. The summed E-state index contributed by atoms with van der Waals surface area (Å²) in [6.45, 7) is 9.42. The fourth-order valence-corrected chi connectivity index (χ4v) is 2.88. The van der Waals surface area contributed by atoms with E-state index in [0.717, 1.165) is 25.3 Å². The van der Waals surface area contributed by atoms with Gasteiger partial charge in [-0.05, 0) is 45.7 Å². The molecule has 1 aliphatic rings. The Labute approximate surface area is 126 Å². The maximum atomic E-state index is 4.53. The fraction of sp³-hybridized carbons (Fsp3) is 0.625. The van der Waals surface area contributed by atoms with E-state index in [-0.39, 0.29) is 0 Å². The third kappa shape index (κ3) is 3.53. The Morgan fingerprint density at radius 2 is 2.19 bits per heavy atom. The predicted molar refractivity (Wildman–Crippen MR) is 83.1 cm³/mol. The van der Waals surface area contributed by atoms with Gasteiger partial charge in [-0.15, -0.1) is 0 Å². The van der Waals surface area contributed by atoms with Gasteiger partial charge in [0.1, 0.15) is 0 Å². The Kier molecular flexibility index (Phi) is 3.85. The van der Waals surface area contributed by atoms with Crippen molar-refractivity contribution in [3.8, 4) is 0 Å². The van der Waals surface area contributed by atoms with Crippen LogP contribution >= 0.6 is 0 Å². The van der Waals surface area contributed by atoms with E-state index in [0.29, 0.717) is 11.5 Å². The molecule has 0 aliphatic heterocycles. The van der Waals surface area contributed by atoms with Gasteiger partial charge in [-0.25, -0.2) is 0 Å². The SMILES string of the molecule is Cc1cc(C)n(C[C@H](C)NCC2(Cn3cccn3)CC2)n1.